The van der Waals surface area contributed by atoms with Crippen LogP contribution in [-0.2, 0) is 4.79 Å². The van der Waals surface area contributed by atoms with Crippen LogP contribution in [0.2, 0.25) is 0 Å². The van der Waals surface area contributed by atoms with E-state index < -0.39 is 12.0 Å². The number of benzene rings is 1. The molecule has 2 aromatic rings. The third-order valence-corrected chi connectivity index (χ3v) is 3.98. The second-order valence-corrected chi connectivity index (χ2v) is 5.77. The number of aliphatic carboxylic acids is 1. The van der Waals surface area contributed by atoms with Gasteiger partial charge in [0.05, 0.1) is 4.88 Å². The van der Waals surface area contributed by atoms with Crippen molar-refractivity contribution in [3.63, 3.8) is 0 Å². The zero-order valence-electron chi connectivity index (χ0n) is 10.7. The maximum absolute atomic E-state index is 12.1. The summed E-state index contributed by atoms with van der Waals surface area (Å²) in [7, 11) is 0. The summed E-state index contributed by atoms with van der Waals surface area (Å²) in [5.74, 6) is -1.50. The van der Waals surface area contributed by atoms with Gasteiger partial charge in [0, 0.05) is 4.70 Å². The monoisotopic (exact) mass is 277 g/mol. The van der Waals surface area contributed by atoms with E-state index in [9.17, 15) is 9.59 Å². The average Bonchev–Trinajstić information content (AvgIpc) is 2.78. The first kappa shape index (κ1) is 13.5. The summed E-state index contributed by atoms with van der Waals surface area (Å²) in [6.45, 7) is 3.54. The van der Waals surface area contributed by atoms with Crippen LogP contribution in [0, 0.1) is 5.92 Å². The predicted octanol–water partition coefficient (Wildman–Crippen LogP) is 2.74. The molecule has 2 N–H and O–H groups in total. The van der Waals surface area contributed by atoms with Crippen molar-refractivity contribution in [3.05, 3.63) is 35.2 Å². The van der Waals surface area contributed by atoms with E-state index in [0.29, 0.717) is 4.88 Å². The van der Waals surface area contributed by atoms with Gasteiger partial charge in [0.1, 0.15) is 6.04 Å². The number of fused-ring (bicyclic) bond motifs is 1. The molecular weight excluding hydrogens is 262 g/mol. The van der Waals surface area contributed by atoms with Gasteiger partial charge in [0.2, 0.25) is 0 Å². The highest BCUT2D eigenvalue weighted by Crippen LogP contribution is 2.25. The van der Waals surface area contributed by atoms with Gasteiger partial charge in [-0.1, -0.05) is 32.0 Å². The van der Waals surface area contributed by atoms with E-state index in [-0.39, 0.29) is 11.8 Å². The summed E-state index contributed by atoms with van der Waals surface area (Å²) >= 11 is 1.37. The Balaban J connectivity index is 2.21. The molecule has 1 unspecified atom stereocenters. The number of rotatable bonds is 4. The van der Waals surface area contributed by atoms with Gasteiger partial charge in [0.25, 0.3) is 5.91 Å². The molecule has 0 saturated carbocycles. The van der Waals surface area contributed by atoms with Crippen molar-refractivity contribution < 1.29 is 14.7 Å². The SMILES string of the molecule is CC(C)C(NC(=O)c1cc2ccccc2s1)C(=O)O. The van der Waals surface area contributed by atoms with Crippen molar-refractivity contribution in [3.8, 4) is 0 Å². The number of carbonyl (C=O) groups is 2. The smallest absolute Gasteiger partial charge is 0.326 e. The van der Waals surface area contributed by atoms with Gasteiger partial charge in [-0.25, -0.2) is 4.79 Å². The van der Waals surface area contributed by atoms with Crippen molar-refractivity contribution in [2.75, 3.05) is 0 Å². The van der Waals surface area contributed by atoms with Crippen molar-refractivity contribution in [1.29, 1.82) is 0 Å². The number of hydrogen-bond acceptors (Lipinski definition) is 3. The quantitative estimate of drug-likeness (QED) is 0.903. The molecule has 19 heavy (non-hydrogen) atoms. The molecule has 1 atom stereocenters. The molecule has 1 aromatic carbocycles. The van der Waals surface area contributed by atoms with Crippen LogP contribution in [0.5, 0.6) is 0 Å². The van der Waals surface area contributed by atoms with Gasteiger partial charge < -0.3 is 10.4 Å². The topological polar surface area (TPSA) is 66.4 Å². The Morgan fingerprint density at radius 3 is 2.53 bits per heavy atom. The van der Waals surface area contributed by atoms with Gasteiger partial charge in [-0.3, -0.25) is 4.79 Å². The molecule has 0 spiro atoms. The Morgan fingerprint density at radius 1 is 1.26 bits per heavy atom. The number of thiophene rings is 1. The maximum atomic E-state index is 12.1. The molecule has 1 amide bonds. The summed E-state index contributed by atoms with van der Waals surface area (Å²) < 4.78 is 1.02. The molecule has 5 heteroatoms. The van der Waals surface area contributed by atoms with E-state index in [1.165, 1.54) is 11.3 Å². The molecular formula is C14H15NO3S. The lowest BCUT2D eigenvalue weighted by atomic mass is 10.0. The van der Waals surface area contributed by atoms with E-state index in [4.69, 9.17) is 5.11 Å². The highest BCUT2D eigenvalue weighted by molar-refractivity contribution is 7.20. The molecule has 0 aliphatic rings. The zero-order valence-corrected chi connectivity index (χ0v) is 11.5. The van der Waals surface area contributed by atoms with Crippen LogP contribution in [-0.4, -0.2) is 23.0 Å². The highest BCUT2D eigenvalue weighted by atomic mass is 32.1. The van der Waals surface area contributed by atoms with E-state index in [1.54, 1.807) is 19.9 Å². The molecule has 0 saturated heterocycles. The van der Waals surface area contributed by atoms with Crippen LogP contribution in [0.3, 0.4) is 0 Å². The zero-order chi connectivity index (χ0) is 14.0. The van der Waals surface area contributed by atoms with Crippen LogP contribution in [0.4, 0.5) is 0 Å². The van der Waals surface area contributed by atoms with Crippen LogP contribution in [0.25, 0.3) is 10.1 Å². The number of carbonyl (C=O) groups excluding carboxylic acids is 1. The number of hydrogen-bond donors (Lipinski definition) is 2. The lowest BCUT2D eigenvalue weighted by molar-refractivity contribution is -0.140. The van der Waals surface area contributed by atoms with Gasteiger partial charge in [-0.15, -0.1) is 11.3 Å². The standard InChI is InChI=1S/C14H15NO3S/c1-8(2)12(14(17)18)15-13(16)11-7-9-5-3-4-6-10(9)19-11/h3-8,12H,1-2H3,(H,15,16)(H,17,18). The number of carboxylic acid groups (broad SMARTS) is 1. The average molecular weight is 277 g/mol. The summed E-state index contributed by atoms with van der Waals surface area (Å²) in [5, 5.41) is 12.6. The lowest BCUT2D eigenvalue weighted by Crippen LogP contribution is -2.44. The van der Waals surface area contributed by atoms with Crippen molar-refractivity contribution in [1.82, 2.24) is 5.32 Å². The molecule has 1 aromatic heterocycles. The van der Waals surface area contributed by atoms with E-state index in [0.717, 1.165) is 10.1 Å². The van der Waals surface area contributed by atoms with Crippen LogP contribution >= 0.6 is 11.3 Å². The van der Waals surface area contributed by atoms with E-state index in [2.05, 4.69) is 5.32 Å². The molecule has 1 heterocycles. The largest absolute Gasteiger partial charge is 0.480 e. The van der Waals surface area contributed by atoms with Gasteiger partial charge in [-0.05, 0) is 23.4 Å². The fourth-order valence-corrected chi connectivity index (χ4v) is 2.79. The summed E-state index contributed by atoms with van der Waals surface area (Å²) in [5.41, 5.74) is 0. The highest BCUT2D eigenvalue weighted by Gasteiger charge is 2.24. The maximum Gasteiger partial charge on any atom is 0.326 e. The first-order valence-electron chi connectivity index (χ1n) is 6.01. The number of nitrogens with one attached hydrogen (secondary N) is 1. The Bertz CT molecular complexity index is 585. The normalized spacial score (nSPS) is 12.6. The summed E-state index contributed by atoms with van der Waals surface area (Å²) in [6, 6.07) is 8.61. The van der Waals surface area contributed by atoms with Crippen LogP contribution < -0.4 is 5.32 Å². The second kappa shape index (κ2) is 5.40. The van der Waals surface area contributed by atoms with Crippen LogP contribution in [0.15, 0.2) is 30.3 Å². The molecule has 0 bridgehead atoms. The minimum absolute atomic E-state index is 0.157. The van der Waals surface area contributed by atoms with Crippen molar-refractivity contribution >= 4 is 33.3 Å². The number of amides is 1. The molecule has 2 rings (SSSR count). The van der Waals surface area contributed by atoms with Gasteiger partial charge in [0.15, 0.2) is 0 Å². The fourth-order valence-electron chi connectivity index (χ4n) is 1.82. The van der Waals surface area contributed by atoms with Crippen molar-refractivity contribution in [2.24, 2.45) is 5.92 Å². The number of carboxylic acids is 1. The van der Waals surface area contributed by atoms with Crippen LogP contribution in [0.1, 0.15) is 23.5 Å². The molecule has 100 valence electrons. The fraction of sp³-hybridized carbons (Fsp3) is 0.286. The predicted molar refractivity (Wildman–Crippen MR) is 75.6 cm³/mol. The summed E-state index contributed by atoms with van der Waals surface area (Å²) in [6.07, 6.45) is 0. The molecule has 0 fully saturated rings. The second-order valence-electron chi connectivity index (χ2n) is 4.68. The van der Waals surface area contributed by atoms with Gasteiger partial charge in [-0.2, -0.15) is 0 Å². The molecule has 0 aliphatic heterocycles. The molecule has 0 aliphatic carbocycles. The Labute approximate surface area is 115 Å². The third-order valence-electron chi connectivity index (χ3n) is 2.87. The minimum Gasteiger partial charge on any atom is -0.480 e. The first-order valence-corrected chi connectivity index (χ1v) is 6.83. The summed E-state index contributed by atoms with van der Waals surface area (Å²) in [4.78, 5) is 23.7. The Morgan fingerprint density at radius 2 is 1.95 bits per heavy atom. The van der Waals surface area contributed by atoms with Gasteiger partial charge >= 0.3 is 5.97 Å². The lowest BCUT2D eigenvalue weighted by Gasteiger charge is -2.17. The van der Waals surface area contributed by atoms with E-state index >= 15 is 0 Å². The van der Waals surface area contributed by atoms with E-state index in [1.807, 2.05) is 24.3 Å². The third kappa shape index (κ3) is 2.93. The molecule has 0 radical (unpaired) electrons. The van der Waals surface area contributed by atoms with Crippen molar-refractivity contribution in [2.45, 2.75) is 19.9 Å². The Hall–Kier alpha value is -1.88. The minimum atomic E-state index is -1.01. The molecule has 4 nitrogen and oxygen atoms in total. The first-order chi connectivity index (χ1) is 8.99. The Kier molecular flexibility index (Phi) is 3.85.